The van der Waals surface area contributed by atoms with E-state index in [0.29, 0.717) is 11.0 Å². The second kappa shape index (κ2) is 6.45. The maximum absolute atomic E-state index is 13.7. The Hall–Kier alpha value is -2.87. The van der Waals surface area contributed by atoms with E-state index in [4.69, 9.17) is 11.6 Å². The normalized spacial score (nSPS) is 15.0. The number of alkyl halides is 3. The molecule has 3 rings (SSSR count). The van der Waals surface area contributed by atoms with Crippen LogP contribution in [-0.2, 0) is 15.8 Å². The molecule has 2 amide bonds. The minimum absolute atomic E-state index is 0.104. The number of nitrogens with zero attached hydrogens (tertiary/aromatic N) is 1. The van der Waals surface area contributed by atoms with Crippen molar-refractivity contribution in [3.8, 4) is 0 Å². The van der Waals surface area contributed by atoms with Gasteiger partial charge in [-0.1, -0.05) is 29.8 Å². The molecule has 0 radical (unpaired) electrons. The van der Waals surface area contributed by atoms with Gasteiger partial charge in [0.2, 0.25) is 0 Å². The first-order chi connectivity index (χ1) is 12.2. The molecule has 0 aromatic heterocycles. The highest BCUT2D eigenvalue weighted by Gasteiger charge is 2.40. The van der Waals surface area contributed by atoms with Crippen LogP contribution >= 0.6 is 11.6 Å². The number of para-hydroxylation sites is 1. The lowest BCUT2D eigenvalue weighted by atomic mass is 10.2. The molecule has 0 atom stereocenters. The van der Waals surface area contributed by atoms with Crippen molar-refractivity contribution in [2.45, 2.75) is 6.18 Å². The van der Waals surface area contributed by atoms with Gasteiger partial charge in [0.15, 0.2) is 0 Å². The summed E-state index contributed by atoms with van der Waals surface area (Å²) >= 11 is 5.86. The van der Waals surface area contributed by atoms with Crippen molar-refractivity contribution in [3.63, 3.8) is 0 Å². The Labute approximate surface area is 149 Å². The Morgan fingerprint density at radius 2 is 1.65 bits per heavy atom. The Morgan fingerprint density at radius 3 is 2.31 bits per heavy atom. The summed E-state index contributed by atoms with van der Waals surface area (Å²) in [4.78, 5) is 25.3. The molecule has 0 unspecified atom stereocenters. The van der Waals surface area contributed by atoms with Crippen LogP contribution in [0.1, 0.15) is 5.56 Å². The maximum atomic E-state index is 13.7. The van der Waals surface area contributed by atoms with Crippen LogP contribution in [0.25, 0.3) is 0 Å². The van der Waals surface area contributed by atoms with Crippen LogP contribution in [0.15, 0.2) is 59.3 Å². The van der Waals surface area contributed by atoms with Gasteiger partial charge in [0.05, 0.1) is 16.9 Å². The van der Waals surface area contributed by atoms with E-state index in [1.165, 1.54) is 24.3 Å². The molecule has 2 aromatic carbocycles. The number of carbonyl (C=O) groups is 2. The fourth-order valence-electron chi connectivity index (χ4n) is 2.36. The Bertz CT molecular complexity index is 940. The second-order valence-electron chi connectivity index (χ2n) is 5.29. The zero-order valence-corrected chi connectivity index (χ0v) is 13.5. The number of amides is 2. The molecule has 0 fully saturated rings. The molecule has 9 heteroatoms. The zero-order chi connectivity index (χ0) is 19.1. The van der Waals surface area contributed by atoms with E-state index in [1.54, 1.807) is 0 Å². The predicted octanol–water partition coefficient (Wildman–Crippen LogP) is 4.28. The van der Waals surface area contributed by atoms with E-state index in [2.05, 4.69) is 5.32 Å². The number of rotatable bonds is 3. The highest BCUT2D eigenvalue weighted by molar-refractivity contribution is 6.53. The third kappa shape index (κ3) is 3.15. The van der Waals surface area contributed by atoms with E-state index < -0.39 is 40.1 Å². The van der Waals surface area contributed by atoms with Crippen LogP contribution in [0, 0.1) is 5.82 Å². The summed E-state index contributed by atoms with van der Waals surface area (Å²) in [5.41, 5.74) is -1.84. The van der Waals surface area contributed by atoms with Crippen molar-refractivity contribution in [2.75, 3.05) is 10.2 Å². The third-order valence-electron chi connectivity index (χ3n) is 3.59. The molecule has 1 aliphatic heterocycles. The molecule has 134 valence electrons. The summed E-state index contributed by atoms with van der Waals surface area (Å²) in [6.07, 6.45) is -4.65. The molecular formula is C17H9ClF4N2O2. The largest absolute Gasteiger partial charge is 0.416 e. The fraction of sp³-hybridized carbons (Fsp3) is 0.0588. The molecule has 4 nitrogen and oxygen atoms in total. The second-order valence-corrected chi connectivity index (χ2v) is 5.67. The van der Waals surface area contributed by atoms with Crippen molar-refractivity contribution in [3.05, 3.63) is 70.6 Å². The summed E-state index contributed by atoms with van der Waals surface area (Å²) in [5.74, 6) is -2.68. The van der Waals surface area contributed by atoms with Gasteiger partial charge in [-0.05, 0) is 30.3 Å². The minimum atomic E-state index is -4.65. The van der Waals surface area contributed by atoms with E-state index in [-0.39, 0.29) is 11.4 Å². The molecule has 1 aliphatic rings. The summed E-state index contributed by atoms with van der Waals surface area (Å²) in [6.45, 7) is 0. The lowest BCUT2D eigenvalue weighted by Gasteiger charge is -2.17. The minimum Gasteiger partial charge on any atom is -0.347 e. The molecule has 26 heavy (non-hydrogen) atoms. The smallest absolute Gasteiger partial charge is 0.347 e. The lowest BCUT2D eigenvalue weighted by molar-refractivity contribution is -0.137. The van der Waals surface area contributed by atoms with Crippen LogP contribution in [0.3, 0.4) is 0 Å². The van der Waals surface area contributed by atoms with E-state index in [9.17, 15) is 27.2 Å². The van der Waals surface area contributed by atoms with Gasteiger partial charge < -0.3 is 5.32 Å². The number of nitrogens with one attached hydrogen (secondary N) is 1. The van der Waals surface area contributed by atoms with Crippen molar-refractivity contribution in [1.29, 1.82) is 0 Å². The summed E-state index contributed by atoms with van der Waals surface area (Å²) in [6, 6.07) is 9.06. The van der Waals surface area contributed by atoms with Crippen LogP contribution in [-0.4, -0.2) is 11.8 Å². The molecule has 0 saturated carbocycles. The number of carbonyl (C=O) groups excluding carboxylic acids is 2. The monoisotopic (exact) mass is 384 g/mol. The molecule has 1 N–H and O–H groups in total. The quantitative estimate of drug-likeness (QED) is 0.634. The van der Waals surface area contributed by atoms with Crippen LogP contribution in [0.2, 0.25) is 0 Å². The van der Waals surface area contributed by atoms with E-state index >= 15 is 0 Å². The van der Waals surface area contributed by atoms with Crippen molar-refractivity contribution < 1.29 is 27.2 Å². The predicted molar refractivity (Wildman–Crippen MR) is 86.8 cm³/mol. The van der Waals surface area contributed by atoms with Crippen LogP contribution < -0.4 is 10.2 Å². The molecule has 1 heterocycles. The number of anilines is 2. The van der Waals surface area contributed by atoms with Gasteiger partial charge in [-0.3, -0.25) is 9.59 Å². The Morgan fingerprint density at radius 1 is 0.962 bits per heavy atom. The molecular weight excluding hydrogens is 376 g/mol. The number of hydrogen-bond acceptors (Lipinski definition) is 3. The summed E-state index contributed by atoms with van der Waals surface area (Å²) < 4.78 is 52.3. The molecule has 0 aliphatic carbocycles. The van der Waals surface area contributed by atoms with Gasteiger partial charge in [0, 0.05) is 0 Å². The van der Waals surface area contributed by atoms with Gasteiger partial charge in [-0.25, -0.2) is 9.29 Å². The average Bonchev–Trinajstić information content (AvgIpc) is 2.80. The van der Waals surface area contributed by atoms with Crippen LogP contribution in [0.5, 0.6) is 0 Å². The molecule has 0 bridgehead atoms. The highest BCUT2D eigenvalue weighted by atomic mass is 35.5. The van der Waals surface area contributed by atoms with Gasteiger partial charge in [-0.2, -0.15) is 13.2 Å². The number of benzene rings is 2. The first kappa shape index (κ1) is 17.9. The zero-order valence-electron chi connectivity index (χ0n) is 12.8. The topological polar surface area (TPSA) is 49.4 Å². The van der Waals surface area contributed by atoms with E-state index in [1.807, 2.05) is 0 Å². The van der Waals surface area contributed by atoms with Crippen molar-refractivity contribution >= 4 is 34.8 Å². The van der Waals surface area contributed by atoms with E-state index in [0.717, 1.165) is 18.2 Å². The first-order valence-corrected chi connectivity index (χ1v) is 7.55. The van der Waals surface area contributed by atoms with Crippen molar-refractivity contribution in [1.82, 2.24) is 0 Å². The number of halogens is 5. The Kier molecular flexibility index (Phi) is 4.45. The fourth-order valence-corrected chi connectivity index (χ4v) is 2.58. The summed E-state index contributed by atoms with van der Waals surface area (Å²) in [7, 11) is 0. The van der Waals surface area contributed by atoms with Crippen LogP contribution in [0.4, 0.5) is 28.9 Å². The lowest BCUT2D eigenvalue weighted by Crippen LogP contribution is -2.32. The van der Waals surface area contributed by atoms with Crippen molar-refractivity contribution in [2.24, 2.45) is 0 Å². The summed E-state index contributed by atoms with van der Waals surface area (Å²) in [5, 5.41) is 1.88. The third-order valence-corrected chi connectivity index (χ3v) is 3.94. The molecule has 2 aromatic rings. The SMILES string of the molecule is O=C1C(Cl)=C(Nc2ccccc2F)C(=O)N1c1cccc(C(F)(F)F)c1. The Balaban J connectivity index is 1.95. The average molecular weight is 385 g/mol. The molecule has 0 spiro atoms. The standard InChI is InChI=1S/C17H9ClF4N2O2/c18-13-14(23-12-7-2-1-6-11(12)19)16(26)24(15(13)25)10-5-3-4-9(8-10)17(20,21)22/h1-8,23H. The first-order valence-electron chi connectivity index (χ1n) is 7.17. The van der Waals surface area contributed by atoms with Gasteiger partial charge >= 0.3 is 6.18 Å². The highest BCUT2D eigenvalue weighted by Crippen LogP contribution is 2.35. The van der Waals surface area contributed by atoms with Gasteiger partial charge in [0.1, 0.15) is 16.5 Å². The van der Waals surface area contributed by atoms with Gasteiger partial charge in [-0.15, -0.1) is 0 Å². The van der Waals surface area contributed by atoms with Gasteiger partial charge in [0.25, 0.3) is 11.8 Å². The number of imide groups is 1. The number of hydrogen-bond donors (Lipinski definition) is 1. The maximum Gasteiger partial charge on any atom is 0.416 e. The molecule has 0 saturated heterocycles.